The number of amides is 1. The van der Waals surface area contributed by atoms with Crippen molar-refractivity contribution in [1.82, 2.24) is 15.4 Å². The maximum absolute atomic E-state index is 13.6. The number of nitrogens with one attached hydrogen (secondary N) is 3. The van der Waals surface area contributed by atoms with Gasteiger partial charge in [0, 0.05) is 69.0 Å². The second-order valence-corrected chi connectivity index (χ2v) is 38.3. The molecule has 0 spiro atoms. The number of rotatable bonds is 59. The van der Waals surface area contributed by atoms with Crippen molar-refractivity contribution in [2.45, 2.75) is 203 Å². The molecule has 6 heterocycles. The van der Waals surface area contributed by atoms with E-state index in [4.69, 9.17) is 117 Å². The zero-order chi connectivity index (χ0) is 100. The zero-order valence-electron chi connectivity index (χ0n) is 81.5. The van der Waals surface area contributed by atoms with Gasteiger partial charge in [-0.1, -0.05) is 24.6 Å². The SMILES string of the molecule is CO[C@H]1O[C@H](COS(=O)(=O)O)[C@@H](O[C@@H]2O[C@H](C(=O)O)[C@@H](O[C@H]3O[C@H](COS(=O)(=O)O)[C@@H](O[C@@H]4O[C@H](C(=O)O)[C@@H](O[C@H]5O[C@H](COS(=O)(=O)O)[C@@H](OCCOCCOCCOCCNC(=O)c6cccc(S(=O)(=O)N[C@H](Cc7ccc(OCCCCC8CCNCC8)cc7)C(=O)O)c6)[C@H](OC)[C@H]5OC)[C@H](OC)[C@H]4OC)[C@H](OS(=O)(=O)O)[C@H]3OS(=O)(=O)O)[C@H](OC)[C@H]2OC)[C@H](OC)[C@H]1OS(=O)(=O)O.[Na+].[Na+].[Na+].[Na+].[Na+].[Na+].[Na+].[Na+]. The molecule has 6 aliphatic heterocycles. The quantitative estimate of drug-likeness (QED) is 0.0166. The number of ether oxygens (including phenoxy) is 22. The van der Waals surface area contributed by atoms with E-state index < -0.39 is 276 Å². The summed E-state index contributed by atoms with van der Waals surface area (Å²) in [6, 6.07) is 10.1. The summed E-state index contributed by atoms with van der Waals surface area (Å²) in [4.78, 5) is 52.1. The van der Waals surface area contributed by atoms with E-state index in [-0.39, 0.29) is 306 Å². The molecule has 58 nitrogen and oxygen atoms in total. The van der Waals surface area contributed by atoms with Crippen LogP contribution >= 0.6 is 0 Å². The predicted octanol–water partition coefficient (Wildman–Crippen LogP) is -28.5. The maximum atomic E-state index is 13.6. The Balaban J connectivity index is 0.0000256. The number of hydrogen-bond donors (Lipinski definition) is 12. The molecule has 0 unspecified atom stereocenters. The number of sulfonamides is 1. The van der Waals surface area contributed by atoms with Gasteiger partial charge in [0.25, 0.3) is 5.91 Å². The summed E-state index contributed by atoms with van der Waals surface area (Å²) in [7, 11) is -31.5. The first-order valence-corrected chi connectivity index (χ1v) is 50.5. The van der Waals surface area contributed by atoms with Crippen LogP contribution in [0.3, 0.4) is 0 Å². The molecule has 0 bridgehead atoms. The Morgan fingerprint density at radius 1 is 0.403 bits per heavy atom. The van der Waals surface area contributed by atoms with Crippen molar-refractivity contribution in [1.29, 1.82) is 0 Å². The molecule has 0 radical (unpaired) electrons. The molecule has 2 aromatic carbocycles. The molecule has 0 aromatic heterocycles. The van der Waals surface area contributed by atoms with Crippen molar-refractivity contribution in [3.63, 3.8) is 0 Å². The van der Waals surface area contributed by atoms with Crippen molar-refractivity contribution in [2.75, 3.05) is 149 Å². The predicted molar refractivity (Wildman–Crippen MR) is 440 cm³/mol. The second-order valence-electron chi connectivity index (χ2n) is 30.2. The summed E-state index contributed by atoms with van der Waals surface area (Å²) in [6.45, 7) is -2.29. The van der Waals surface area contributed by atoms with Crippen molar-refractivity contribution in [2.24, 2.45) is 5.92 Å². The molecule has 6 aliphatic rings. The molecule has 782 valence electrons. The molecule has 26 atom stereocenters. The number of carbonyl (C=O) groups is 4. The molecule has 12 N–H and O–H groups in total. The van der Waals surface area contributed by atoms with Gasteiger partial charge in [0.1, 0.15) is 109 Å². The van der Waals surface area contributed by atoms with E-state index in [0.717, 1.165) is 95.3 Å². The van der Waals surface area contributed by atoms with Crippen LogP contribution in [0.4, 0.5) is 0 Å². The molecule has 1 amide bonds. The molecule has 8 rings (SSSR count). The Labute approximate surface area is 1010 Å². The minimum atomic E-state index is -6.21. The Morgan fingerprint density at radius 2 is 0.778 bits per heavy atom. The van der Waals surface area contributed by atoms with Crippen LogP contribution in [0.1, 0.15) is 48.0 Å². The monoisotopic (exact) mass is 2290 g/mol. The topological polar surface area (TPSA) is 784 Å². The van der Waals surface area contributed by atoms with E-state index in [0.29, 0.717) is 23.8 Å². The summed E-state index contributed by atoms with van der Waals surface area (Å²) in [6.07, 6.45) is -51.0. The van der Waals surface area contributed by atoms with Gasteiger partial charge in [-0.25, -0.2) is 43.1 Å². The van der Waals surface area contributed by atoms with Gasteiger partial charge in [0.05, 0.1) is 77.6 Å². The summed E-state index contributed by atoms with van der Waals surface area (Å²) < 4.78 is 393. The first kappa shape index (κ1) is 146. The molecule has 0 aliphatic carbocycles. The van der Waals surface area contributed by atoms with Gasteiger partial charge in [-0.2, -0.15) is 55.2 Å². The third-order valence-electron chi connectivity index (χ3n) is 21.3. The minimum absolute atomic E-state index is 0. The van der Waals surface area contributed by atoms with E-state index in [1.54, 1.807) is 24.3 Å². The van der Waals surface area contributed by atoms with Crippen LogP contribution in [0.25, 0.3) is 0 Å². The van der Waals surface area contributed by atoms with Gasteiger partial charge in [0.15, 0.2) is 55.9 Å². The summed E-state index contributed by atoms with van der Waals surface area (Å²) >= 11 is 0. The molecular formula is C71H111N3Na8O55S7+8. The van der Waals surface area contributed by atoms with Crippen molar-refractivity contribution in [3.05, 3.63) is 59.7 Å². The van der Waals surface area contributed by atoms with E-state index in [2.05, 4.69) is 27.9 Å². The number of carboxylic acid groups (broad SMARTS) is 3. The van der Waals surface area contributed by atoms with Crippen LogP contribution in [0, 0.1) is 5.92 Å². The smallest absolute Gasteiger partial charge is 0.494 e. The largest absolute Gasteiger partial charge is 1.00 e. The Bertz CT molecular complexity index is 5000. The van der Waals surface area contributed by atoms with Gasteiger partial charge < -0.3 is 130 Å². The molecule has 144 heavy (non-hydrogen) atoms. The Kier molecular flexibility index (Phi) is 70.9. The van der Waals surface area contributed by atoms with Crippen molar-refractivity contribution < 1.29 is 487 Å². The van der Waals surface area contributed by atoms with Crippen LogP contribution in [0.15, 0.2) is 53.4 Å². The average Bonchev–Trinajstić information content (AvgIpc) is 0.749. The number of methoxy groups -OCH3 is 8. The molecule has 2 aromatic rings. The standard InChI is InChI=1S/C71H111N3O55S7.8Na/c1-102-49-46(114-31-30-112-29-28-111-27-26-110-25-23-73-63(75)39-13-11-14-41(33-39)130(82,83)74-42(64(76)77)32-38-15-17-40(18-16-38)113-24-10-9-12-37-19-21-72-22-20-37)43(34-115-131(84,85)86)119-68(58(49)106-5)123-53-51(104-3)60(108-7)70(126-56(53)65(78)79)122-48-45(36-117-133(90,91)92)120-71(62(129-136(99,100)101)55(48)127-134(93,94)95)124-54-52(105-4)59(107-6)69(125-57(54)66(80)81)121-47-44(35-116-132(87,88)89)118-67(109-8)61(50(47)103-2)128-135(96,97)98;;;;;;;;/h11,13-18,33,37,42-62,67-72,74H,9-10,12,19-32,34-36H2,1-8H3,(H,73,75)(H,76,77)(H,78,79)(H,80,81)(H,84,85,86)(H,87,88,89)(H,90,91,92)(H,93,94,95)(H,96,97,98)(H,99,100,101);;;;;;;;/q;8*+1/t42-,43-,44-,45-,46-,47-,48-,49+,50+,51+,52+,53+,54+,55+,56+,57+,58-,59-,60-,61-,62-,67+,68-,69-,70-,71-;;;;;;;;/m1......../s1. The number of unbranched alkanes of at least 4 members (excludes halogenated alkanes) is 1. The molecular weight excluding hydrogens is 2180 g/mol. The first-order chi connectivity index (χ1) is 64.0. The van der Waals surface area contributed by atoms with Crippen LogP contribution < -0.4 is 257 Å². The number of aliphatic carboxylic acids is 3. The summed E-state index contributed by atoms with van der Waals surface area (Å²) in [5.74, 6) is -4.99. The number of carbonyl (C=O) groups excluding carboxylic acids is 1. The zero-order valence-corrected chi connectivity index (χ0v) is 103. The molecule has 0 saturated carbocycles. The van der Waals surface area contributed by atoms with E-state index in [1.165, 1.54) is 31.0 Å². The maximum Gasteiger partial charge on any atom is 1.00 e. The number of hydrogen-bond acceptors (Lipinski definition) is 47. The fraction of sp³-hybridized carbons (Fsp3) is 0.775. The normalized spacial score (nSPS) is 28.9. The van der Waals surface area contributed by atoms with Gasteiger partial charge in [-0.3, -0.25) is 36.9 Å². The van der Waals surface area contributed by atoms with Gasteiger partial charge >= 0.3 is 317 Å². The van der Waals surface area contributed by atoms with Gasteiger partial charge in [-0.15, -0.1) is 0 Å². The van der Waals surface area contributed by atoms with Gasteiger partial charge in [-0.05, 0) is 87.0 Å². The van der Waals surface area contributed by atoms with E-state index in [1.807, 2.05) is 0 Å². The van der Waals surface area contributed by atoms with E-state index in [9.17, 15) is 121 Å². The van der Waals surface area contributed by atoms with Crippen LogP contribution in [-0.4, -0.2) is 434 Å². The summed E-state index contributed by atoms with van der Waals surface area (Å²) in [5.41, 5.74) is 0.474. The van der Waals surface area contributed by atoms with Crippen molar-refractivity contribution in [3.8, 4) is 5.75 Å². The van der Waals surface area contributed by atoms with Gasteiger partial charge in [0.2, 0.25) is 10.0 Å². The number of piperidine rings is 1. The fourth-order valence-corrected chi connectivity index (χ4v) is 19.0. The second kappa shape index (κ2) is 69.8. The number of carboxylic acids is 3. The summed E-state index contributed by atoms with van der Waals surface area (Å²) in [5, 5.41) is 37.8. The molecule has 73 heteroatoms. The molecule has 6 fully saturated rings. The number of benzene rings is 2. The third-order valence-corrected chi connectivity index (χ3v) is 25.5. The van der Waals surface area contributed by atoms with Crippen LogP contribution in [0.2, 0.25) is 0 Å². The van der Waals surface area contributed by atoms with Crippen molar-refractivity contribution >= 4 is 96.2 Å². The average molecular weight is 2300 g/mol. The molecule has 6 saturated heterocycles. The van der Waals surface area contributed by atoms with Crippen LogP contribution in [-0.2, 0) is 218 Å². The van der Waals surface area contributed by atoms with Crippen LogP contribution in [0.5, 0.6) is 5.75 Å². The third kappa shape index (κ3) is 47.3. The fourth-order valence-electron chi connectivity index (χ4n) is 15.4. The Morgan fingerprint density at radius 3 is 1.19 bits per heavy atom. The first-order valence-electron chi connectivity index (χ1n) is 40.8. The Hall–Kier alpha value is 2.37. The minimum Gasteiger partial charge on any atom is -0.494 e. The van der Waals surface area contributed by atoms with E-state index >= 15 is 0 Å².